The predicted molar refractivity (Wildman–Crippen MR) is 139 cm³/mol. The van der Waals surface area contributed by atoms with E-state index in [0.717, 1.165) is 42.8 Å². The number of nitrogens with one attached hydrogen (secondary N) is 1. The SMILES string of the molecule is CN(C)c1ccc(NC(=O)CCC2CCCC2)cc1CN(C[C@@H]1CCCO1)C(=O)CC(C)(C)C. The summed E-state index contributed by atoms with van der Waals surface area (Å²) in [7, 11) is 4.03. The smallest absolute Gasteiger partial charge is 0.224 e. The molecule has 1 N–H and O–H groups in total. The van der Waals surface area contributed by atoms with Crippen LogP contribution in [0.3, 0.4) is 0 Å². The first-order valence-electron chi connectivity index (χ1n) is 13.1. The minimum absolute atomic E-state index is 0.0780. The van der Waals surface area contributed by atoms with Crippen LogP contribution in [0.2, 0.25) is 0 Å². The van der Waals surface area contributed by atoms with E-state index in [1.54, 1.807) is 0 Å². The lowest BCUT2D eigenvalue weighted by Gasteiger charge is -2.30. The molecule has 0 bridgehead atoms. The highest BCUT2D eigenvalue weighted by atomic mass is 16.5. The molecule has 3 rings (SSSR count). The number of benzene rings is 1. The molecule has 0 unspecified atom stereocenters. The second kappa shape index (κ2) is 12.1. The Hall–Kier alpha value is -2.08. The molecule has 0 aromatic heterocycles. The summed E-state index contributed by atoms with van der Waals surface area (Å²) >= 11 is 0. The molecule has 6 nitrogen and oxygen atoms in total. The van der Waals surface area contributed by atoms with E-state index in [0.29, 0.717) is 31.8 Å². The third-order valence-electron chi connectivity index (χ3n) is 6.94. The van der Waals surface area contributed by atoms with Crippen molar-refractivity contribution in [1.29, 1.82) is 0 Å². The van der Waals surface area contributed by atoms with Gasteiger partial charge in [-0.15, -0.1) is 0 Å². The number of amides is 2. The largest absolute Gasteiger partial charge is 0.377 e. The van der Waals surface area contributed by atoms with Gasteiger partial charge in [0.05, 0.1) is 6.10 Å². The molecule has 1 atom stereocenters. The Balaban J connectivity index is 1.73. The summed E-state index contributed by atoms with van der Waals surface area (Å²) in [4.78, 5) is 29.9. The van der Waals surface area contributed by atoms with E-state index >= 15 is 0 Å². The molecule has 1 saturated carbocycles. The van der Waals surface area contributed by atoms with Crippen molar-refractivity contribution in [2.75, 3.05) is 37.5 Å². The minimum atomic E-state index is -0.0780. The Kier molecular flexibility index (Phi) is 9.40. The van der Waals surface area contributed by atoms with Gasteiger partial charge < -0.3 is 19.9 Å². The van der Waals surface area contributed by atoms with Gasteiger partial charge in [0.2, 0.25) is 11.8 Å². The van der Waals surface area contributed by atoms with E-state index in [1.165, 1.54) is 25.7 Å². The molecule has 6 heteroatoms. The van der Waals surface area contributed by atoms with Gasteiger partial charge in [0, 0.05) is 58.0 Å². The molecule has 1 saturated heterocycles. The standard InChI is InChI=1S/C28H45N3O3/c1-28(2,3)18-27(33)31(20-24-11-8-16-34-24)19-22-17-23(13-14-25(22)30(4)5)29-26(32)15-12-21-9-6-7-10-21/h13-14,17,21,24H,6-12,15-16,18-20H2,1-5H3,(H,29,32)/t24-/m0/s1. The fourth-order valence-corrected chi connectivity index (χ4v) is 5.14. The topological polar surface area (TPSA) is 61.9 Å². The zero-order valence-corrected chi connectivity index (χ0v) is 22.0. The van der Waals surface area contributed by atoms with E-state index in [2.05, 4.69) is 31.0 Å². The van der Waals surface area contributed by atoms with Gasteiger partial charge in [-0.2, -0.15) is 0 Å². The zero-order valence-electron chi connectivity index (χ0n) is 22.0. The predicted octanol–water partition coefficient (Wildman–Crippen LogP) is 5.61. The maximum absolute atomic E-state index is 13.3. The van der Waals surface area contributed by atoms with E-state index < -0.39 is 0 Å². The first kappa shape index (κ1) is 26.5. The Bertz CT molecular complexity index is 819. The summed E-state index contributed by atoms with van der Waals surface area (Å²) in [6.45, 7) is 8.19. The highest BCUT2D eigenvalue weighted by Crippen LogP contribution is 2.30. The van der Waals surface area contributed by atoms with Crippen LogP contribution in [0, 0.1) is 11.3 Å². The number of carbonyl (C=O) groups is 2. The summed E-state index contributed by atoms with van der Waals surface area (Å²) in [5.41, 5.74) is 2.83. The van der Waals surface area contributed by atoms with Gasteiger partial charge in [-0.05, 0) is 54.4 Å². The van der Waals surface area contributed by atoms with Gasteiger partial charge in [-0.1, -0.05) is 46.5 Å². The van der Waals surface area contributed by atoms with Crippen molar-refractivity contribution in [1.82, 2.24) is 4.90 Å². The zero-order chi connectivity index (χ0) is 24.7. The Morgan fingerprint density at radius 1 is 1.09 bits per heavy atom. The molecule has 2 aliphatic rings. The van der Waals surface area contributed by atoms with Gasteiger partial charge in [0.15, 0.2) is 0 Å². The lowest BCUT2D eigenvalue weighted by molar-refractivity contribution is -0.135. The normalized spacial score (nSPS) is 18.8. The van der Waals surface area contributed by atoms with Crippen LogP contribution >= 0.6 is 0 Å². The number of carbonyl (C=O) groups excluding carboxylic acids is 2. The van der Waals surface area contributed by atoms with E-state index in [-0.39, 0.29) is 23.3 Å². The molecular formula is C28H45N3O3. The lowest BCUT2D eigenvalue weighted by atomic mass is 9.91. The van der Waals surface area contributed by atoms with E-state index in [4.69, 9.17) is 4.74 Å². The second-order valence-corrected chi connectivity index (χ2v) is 11.6. The van der Waals surface area contributed by atoms with Crippen molar-refractivity contribution in [2.45, 2.75) is 91.2 Å². The molecular weight excluding hydrogens is 426 g/mol. The molecule has 1 aliphatic carbocycles. The maximum Gasteiger partial charge on any atom is 0.224 e. The van der Waals surface area contributed by atoms with Crippen LogP contribution < -0.4 is 10.2 Å². The van der Waals surface area contributed by atoms with Gasteiger partial charge in [0.1, 0.15) is 0 Å². The van der Waals surface area contributed by atoms with Crippen LogP contribution in [0.5, 0.6) is 0 Å². The lowest BCUT2D eigenvalue weighted by Crippen LogP contribution is -2.38. The van der Waals surface area contributed by atoms with Crippen molar-refractivity contribution in [3.05, 3.63) is 23.8 Å². The second-order valence-electron chi connectivity index (χ2n) is 11.6. The average Bonchev–Trinajstić information content (AvgIpc) is 3.45. The Morgan fingerprint density at radius 2 is 1.82 bits per heavy atom. The number of anilines is 2. The first-order valence-corrected chi connectivity index (χ1v) is 13.1. The van der Waals surface area contributed by atoms with Crippen molar-refractivity contribution < 1.29 is 14.3 Å². The number of hydrogen-bond acceptors (Lipinski definition) is 4. The highest BCUT2D eigenvalue weighted by Gasteiger charge is 2.27. The van der Waals surface area contributed by atoms with Crippen LogP contribution in [-0.2, 0) is 20.9 Å². The van der Waals surface area contributed by atoms with Crippen molar-refractivity contribution >= 4 is 23.2 Å². The van der Waals surface area contributed by atoms with Crippen LogP contribution in [0.1, 0.15) is 84.1 Å². The summed E-state index contributed by atoms with van der Waals surface area (Å²) in [6.07, 6.45) is 9.33. The van der Waals surface area contributed by atoms with Gasteiger partial charge in [0.25, 0.3) is 0 Å². The van der Waals surface area contributed by atoms with Crippen LogP contribution in [-0.4, -0.2) is 50.1 Å². The highest BCUT2D eigenvalue weighted by molar-refractivity contribution is 5.91. The molecule has 1 aromatic carbocycles. The maximum atomic E-state index is 13.3. The van der Waals surface area contributed by atoms with Crippen molar-refractivity contribution in [3.8, 4) is 0 Å². The Labute approximate surface area is 206 Å². The Morgan fingerprint density at radius 3 is 2.44 bits per heavy atom. The van der Waals surface area contributed by atoms with Gasteiger partial charge in [-0.25, -0.2) is 0 Å². The first-order chi connectivity index (χ1) is 16.1. The van der Waals surface area contributed by atoms with Crippen LogP contribution in [0.4, 0.5) is 11.4 Å². The molecule has 34 heavy (non-hydrogen) atoms. The third-order valence-corrected chi connectivity index (χ3v) is 6.94. The fraction of sp³-hybridized carbons (Fsp3) is 0.714. The van der Waals surface area contributed by atoms with E-state index in [9.17, 15) is 9.59 Å². The van der Waals surface area contributed by atoms with Gasteiger partial charge >= 0.3 is 0 Å². The monoisotopic (exact) mass is 471 g/mol. The molecule has 2 fully saturated rings. The molecule has 2 amide bonds. The summed E-state index contributed by atoms with van der Waals surface area (Å²) in [5.74, 6) is 0.937. The van der Waals surface area contributed by atoms with Crippen LogP contribution in [0.15, 0.2) is 18.2 Å². The quantitative estimate of drug-likeness (QED) is 0.482. The summed E-state index contributed by atoms with van der Waals surface area (Å²) in [6, 6.07) is 6.05. The fourth-order valence-electron chi connectivity index (χ4n) is 5.14. The summed E-state index contributed by atoms with van der Waals surface area (Å²) in [5, 5.41) is 3.10. The number of rotatable bonds is 10. The summed E-state index contributed by atoms with van der Waals surface area (Å²) < 4.78 is 5.86. The number of hydrogen-bond donors (Lipinski definition) is 1. The number of nitrogens with zero attached hydrogens (tertiary/aromatic N) is 2. The van der Waals surface area contributed by atoms with E-state index in [1.807, 2.05) is 37.2 Å². The molecule has 1 aromatic rings. The molecule has 1 heterocycles. The molecule has 0 spiro atoms. The van der Waals surface area contributed by atoms with Crippen molar-refractivity contribution in [2.24, 2.45) is 11.3 Å². The van der Waals surface area contributed by atoms with Crippen molar-refractivity contribution in [3.63, 3.8) is 0 Å². The molecule has 190 valence electrons. The molecule has 1 aliphatic heterocycles. The average molecular weight is 472 g/mol. The minimum Gasteiger partial charge on any atom is -0.377 e. The third kappa shape index (κ3) is 8.30. The number of ether oxygens (including phenoxy) is 1. The van der Waals surface area contributed by atoms with Gasteiger partial charge in [-0.3, -0.25) is 9.59 Å². The molecule has 0 radical (unpaired) electrons. The van der Waals surface area contributed by atoms with Crippen LogP contribution in [0.25, 0.3) is 0 Å².